The summed E-state index contributed by atoms with van der Waals surface area (Å²) in [7, 11) is 0. The summed E-state index contributed by atoms with van der Waals surface area (Å²) in [6.45, 7) is 0.560. The Labute approximate surface area is 113 Å². The number of para-hydroxylation sites is 1. The number of fused-ring (bicyclic) bond motifs is 1. The quantitative estimate of drug-likeness (QED) is 0.855. The molecule has 1 unspecified atom stereocenters. The van der Waals surface area contributed by atoms with E-state index < -0.39 is 0 Å². The van der Waals surface area contributed by atoms with Crippen LogP contribution in [-0.2, 0) is 0 Å². The zero-order valence-electron chi connectivity index (χ0n) is 9.49. The fraction of sp³-hybridized carbons (Fsp3) is 0.143. The highest BCUT2D eigenvalue weighted by molar-refractivity contribution is 9.10. The average molecular weight is 308 g/mol. The molecule has 0 radical (unpaired) electrons. The summed E-state index contributed by atoms with van der Waals surface area (Å²) >= 11 is 3.44. The van der Waals surface area contributed by atoms with E-state index in [-0.39, 0.29) is 11.9 Å². The average Bonchev–Trinajstić information content (AvgIpc) is 2.40. The highest BCUT2D eigenvalue weighted by atomic mass is 79.9. The van der Waals surface area contributed by atoms with Gasteiger partial charge in [0, 0.05) is 5.56 Å². The van der Waals surface area contributed by atoms with Crippen molar-refractivity contribution in [1.82, 2.24) is 0 Å². The van der Waals surface area contributed by atoms with Gasteiger partial charge in [0.05, 0.1) is 16.7 Å². The maximum atomic E-state index is 13.7. The van der Waals surface area contributed by atoms with Gasteiger partial charge in [-0.1, -0.05) is 24.3 Å². The number of halogens is 2. The van der Waals surface area contributed by atoms with Crippen molar-refractivity contribution < 1.29 is 9.13 Å². The fourth-order valence-electron chi connectivity index (χ4n) is 2.06. The van der Waals surface area contributed by atoms with Crippen molar-refractivity contribution in [2.24, 2.45) is 0 Å². The van der Waals surface area contributed by atoms with Crippen molar-refractivity contribution in [3.05, 3.63) is 58.3 Å². The highest BCUT2D eigenvalue weighted by Crippen LogP contribution is 2.39. The van der Waals surface area contributed by atoms with E-state index in [9.17, 15) is 4.39 Å². The van der Waals surface area contributed by atoms with Crippen molar-refractivity contribution in [2.75, 3.05) is 11.9 Å². The largest absolute Gasteiger partial charge is 0.480 e. The normalized spacial score (nSPS) is 17.6. The summed E-state index contributed by atoms with van der Waals surface area (Å²) in [5.41, 5.74) is 1.50. The maximum absolute atomic E-state index is 13.7. The Balaban J connectivity index is 1.96. The van der Waals surface area contributed by atoms with Crippen molar-refractivity contribution in [3.63, 3.8) is 0 Å². The molecular formula is C14H11BrFNO. The number of hydrogen-bond donors (Lipinski definition) is 1. The van der Waals surface area contributed by atoms with Crippen LogP contribution in [0, 0.1) is 5.82 Å². The van der Waals surface area contributed by atoms with Gasteiger partial charge in [0.2, 0.25) is 0 Å². The molecular weight excluding hydrogens is 297 g/mol. The van der Waals surface area contributed by atoms with Crippen LogP contribution >= 0.6 is 15.9 Å². The number of nitrogens with one attached hydrogen (secondary N) is 1. The first-order valence-corrected chi connectivity index (χ1v) is 6.48. The van der Waals surface area contributed by atoms with Gasteiger partial charge >= 0.3 is 0 Å². The third-order valence-corrected chi connectivity index (χ3v) is 3.58. The molecule has 0 spiro atoms. The number of anilines is 1. The first-order valence-electron chi connectivity index (χ1n) is 5.69. The third kappa shape index (κ3) is 1.97. The van der Waals surface area contributed by atoms with Crippen molar-refractivity contribution in [3.8, 4) is 5.75 Å². The van der Waals surface area contributed by atoms with Crippen LogP contribution in [-0.4, -0.2) is 6.54 Å². The Morgan fingerprint density at radius 3 is 2.83 bits per heavy atom. The molecule has 0 aliphatic carbocycles. The molecule has 4 heteroatoms. The van der Waals surface area contributed by atoms with Crippen LogP contribution in [0.4, 0.5) is 10.1 Å². The first kappa shape index (κ1) is 11.5. The van der Waals surface area contributed by atoms with Gasteiger partial charge in [0.25, 0.3) is 0 Å². The lowest BCUT2D eigenvalue weighted by atomic mass is 10.1. The van der Waals surface area contributed by atoms with Gasteiger partial charge < -0.3 is 10.1 Å². The molecule has 1 atom stereocenters. The van der Waals surface area contributed by atoms with Crippen LogP contribution < -0.4 is 10.1 Å². The minimum Gasteiger partial charge on any atom is -0.480 e. The third-order valence-electron chi connectivity index (χ3n) is 2.96. The SMILES string of the molecule is Fc1ccccc1C1CNc2cccc(Br)c2O1. The fourth-order valence-corrected chi connectivity index (χ4v) is 2.52. The molecule has 2 aromatic carbocycles. The van der Waals surface area contributed by atoms with Gasteiger partial charge in [-0.3, -0.25) is 0 Å². The second-order valence-corrected chi connectivity index (χ2v) is 4.98. The lowest BCUT2D eigenvalue weighted by molar-refractivity contribution is 0.204. The minimum atomic E-state index is -0.308. The number of ether oxygens (including phenoxy) is 1. The minimum absolute atomic E-state index is 0.236. The molecule has 0 saturated carbocycles. The van der Waals surface area contributed by atoms with Gasteiger partial charge in [0.1, 0.15) is 11.9 Å². The zero-order chi connectivity index (χ0) is 12.5. The Morgan fingerprint density at radius 1 is 1.17 bits per heavy atom. The molecule has 2 aromatic rings. The Kier molecular flexibility index (Phi) is 2.96. The van der Waals surface area contributed by atoms with Crippen LogP contribution in [0.25, 0.3) is 0 Å². The van der Waals surface area contributed by atoms with Gasteiger partial charge in [-0.05, 0) is 34.1 Å². The molecule has 3 rings (SSSR count). The Bertz CT molecular complexity index is 588. The standard InChI is InChI=1S/C14H11BrFNO/c15-10-5-3-7-12-14(10)18-13(8-17-12)9-4-1-2-6-11(9)16/h1-7,13,17H,8H2. The molecule has 1 heterocycles. The summed E-state index contributed by atoms with van der Waals surface area (Å²) in [5, 5.41) is 3.26. The summed E-state index contributed by atoms with van der Waals surface area (Å²) in [6, 6.07) is 12.5. The zero-order valence-corrected chi connectivity index (χ0v) is 11.1. The molecule has 0 aromatic heterocycles. The van der Waals surface area contributed by atoms with E-state index in [1.54, 1.807) is 12.1 Å². The lowest BCUT2D eigenvalue weighted by Gasteiger charge is -2.28. The molecule has 2 nitrogen and oxygen atoms in total. The molecule has 0 fully saturated rings. The van der Waals surface area contributed by atoms with E-state index in [0.29, 0.717) is 12.1 Å². The topological polar surface area (TPSA) is 21.3 Å². The van der Waals surface area contributed by atoms with E-state index in [0.717, 1.165) is 15.9 Å². The second-order valence-electron chi connectivity index (χ2n) is 4.13. The van der Waals surface area contributed by atoms with Crippen LogP contribution in [0.1, 0.15) is 11.7 Å². The highest BCUT2D eigenvalue weighted by Gasteiger charge is 2.24. The number of hydrogen-bond acceptors (Lipinski definition) is 2. The molecule has 1 aliphatic heterocycles. The van der Waals surface area contributed by atoms with Crippen molar-refractivity contribution >= 4 is 21.6 Å². The number of rotatable bonds is 1. The molecule has 1 N–H and O–H groups in total. The number of benzene rings is 2. The van der Waals surface area contributed by atoms with Crippen molar-refractivity contribution in [1.29, 1.82) is 0 Å². The van der Waals surface area contributed by atoms with Gasteiger partial charge in [-0.15, -0.1) is 0 Å². The molecule has 0 amide bonds. The summed E-state index contributed by atoms with van der Waals surface area (Å²) in [6.07, 6.45) is -0.308. The van der Waals surface area contributed by atoms with Crippen LogP contribution in [0.5, 0.6) is 5.75 Å². The van der Waals surface area contributed by atoms with E-state index in [4.69, 9.17) is 4.74 Å². The van der Waals surface area contributed by atoms with Gasteiger partial charge in [-0.25, -0.2) is 4.39 Å². The summed E-state index contributed by atoms with van der Waals surface area (Å²) in [4.78, 5) is 0. The summed E-state index contributed by atoms with van der Waals surface area (Å²) in [5.74, 6) is 0.497. The predicted molar refractivity (Wildman–Crippen MR) is 72.4 cm³/mol. The first-order chi connectivity index (χ1) is 8.75. The van der Waals surface area contributed by atoms with E-state index in [1.165, 1.54) is 6.07 Å². The van der Waals surface area contributed by atoms with Crippen LogP contribution in [0.2, 0.25) is 0 Å². The van der Waals surface area contributed by atoms with E-state index in [2.05, 4.69) is 21.2 Å². The summed E-state index contributed by atoms with van der Waals surface area (Å²) < 4.78 is 20.5. The molecule has 0 saturated heterocycles. The maximum Gasteiger partial charge on any atom is 0.157 e. The Morgan fingerprint density at radius 2 is 2.00 bits per heavy atom. The monoisotopic (exact) mass is 307 g/mol. The van der Waals surface area contributed by atoms with Gasteiger partial charge in [-0.2, -0.15) is 0 Å². The van der Waals surface area contributed by atoms with E-state index in [1.807, 2.05) is 24.3 Å². The molecule has 1 aliphatic rings. The molecule has 92 valence electrons. The van der Waals surface area contributed by atoms with E-state index >= 15 is 0 Å². The lowest BCUT2D eigenvalue weighted by Crippen LogP contribution is -2.24. The van der Waals surface area contributed by atoms with Crippen molar-refractivity contribution in [2.45, 2.75) is 6.10 Å². The van der Waals surface area contributed by atoms with Gasteiger partial charge in [0.15, 0.2) is 5.75 Å². The second kappa shape index (κ2) is 4.61. The Hall–Kier alpha value is -1.55. The molecule has 18 heavy (non-hydrogen) atoms. The van der Waals surface area contributed by atoms with Crippen LogP contribution in [0.3, 0.4) is 0 Å². The molecule has 0 bridgehead atoms. The predicted octanol–water partition coefficient (Wildman–Crippen LogP) is 4.13. The van der Waals surface area contributed by atoms with Crippen LogP contribution in [0.15, 0.2) is 46.9 Å². The smallest absolute Gasteiger partial charge is 0.157 e.